The number of methoxy groups -OCH3 is 3. The van der Waals surface area contributed by atoms with E-state index < -0.39 is 5.91 Å². The smallest absolute Gasteiger partial charge is 0.273 e. The number of hydrogen-bond acceptors (Lipinski definition) is 7. The molecule has 0 unspecified atom stereocenters. The van der Waals surface area contributed by atoms with Crippen LogP contribution in [0.15, 0.2) is 78.9 Å². The lowest BCUT2D eigenvalue weighted by atomic mass is 10.0. The monoisotopic (exact) mass is 530 g/mol. The third-order valence-corrected chi connectivity index (χ3v) is 5.98. The molecular weight excluding hydrogens is 504 g/mol. The first kappa shape index (κ1) is 26.4. The zero-order valence-electron chi connectivity index (χ0n) is 21.0. The third-order valence-electron chi connectivity index (χ3n) is 5.78. The highest BCUT2D eigenvalue weighted by Gasteiger charge is 2.19. The summed E-state index contributed by atoms with van der Waals surface area (Å²) in [7, 11) is 4.40. The van der Waals surface area contributed by atoms with Gasteiger partial charge in [0, 0.05) is 16.8 Å². The van der Waals surface area contributed by atoms with E-state index in [2.05, 4.69) is 10.6 Å². The van der Waals surface area contributed by atoms with Gasteiger partial charge in [0.2, 0.25) is 5.75 Å². The zero-order valence-corrected chi connectivity index (χ0v) is 21.8. The van der Waals surface area contributed by atoms with Crippen LogP contribution in [0.5, 0.6) is 17.2 Å². The fourth-order valence-electron chi connectivity index (χ4n) is 3.94. The van der Waals surface area contributed by atoms with Gasteiger partial charge in [0.05, 0.1) is 27.0 Å². The predicted octanol–water partition coefficient (Wildman–Crippen LogP) is 4.51. The lowest BCUT2D eigenvalue weighted by Gasteiger charge is -2.19. The molecule has 0 saturated carbocycles. The average molecular weight is 531 g/mol. The molecule has 0 saturated heterocycles. The number of nitrogens with two attached hydrogens (primary N) is 1. The molecule has 10 heteroatoms. The topological polar surface area (TPSA) is 115 Å². The normalized spacial score (nSPS) is 10.4. The molecule has 0 aliphatic carbocycles. The number of anilines is 2. The quantitative estimate of drug-likeness (QED) is 0.138. The lowest BCUT2D eigenvalue weighted by molar-refractivity contribution is 0.0973. The molecule has 4 rings (SSSR count). The molecular formula is C28H26N4O5S. The van der Waals surface area contributed by atoms with Gasteiger partial charge >= 0.3 is 0 Å². The van der Waals surface area contributed by atoms with Crippen LogP contribution in [0.25, 0.3) is 10.8 Å². The first-order valence-electron chi connectivity index (χ1n) is 11.5. The highest BCUT2D eigenvalue weighted by molar-refractivity contribution is 7.80. The summed E-state index contributed by atoms with van der Waals surface area (Å²) in [6.45, 7) is 0. The summed E-state index contributed by atoms with van der Waals surface area (Å²) in [5.41, 5.74) is 1.70. The van der Waals surface area contributed by atoms with Crippen molar-refractivity contribution in [2.75, 3.05) is 31.7 Å². The number of thiocarbonyl (C=S) groups is 1. The number of benzene rings is 4. The Hall–Kier alpha value is -4.67. The molecule has 2 amide bonds. The Morgan fingerprint density at radius 2 is 1.50 bits per heavy atom. The molecule has 0 spiro atoms. The van der Waals surface area contributed by atoms with E-state index in [0.717, 1.165) is 15.8 Å². The van der Waals surface area contributed by atoms with Crippen molar-refractivity contribution in [3.05, 3.63) is 90.0 Å². The van der Waals surface area contributed by atoms with E-state index in [9.17, 15) is 9.59 Å². The standard InChI is InChI=1S/C28H26N4O5S/c1-35-23-14-18(15-24(36-2)25(23)37-3)26(33)31-28(38)30-19-10-7-11-20(16-19)32(29)27(34)22-13-6-9-17-8-4-5-12-21(17)22/h4-16H,29H2,1-3H3,(H2,30,31,33,38). The van der Waals surface area contributed by atoms with Crippen LogP contribution >= 0.6 is 12.2 Å². The summed E-state index contributed by atoms with van der Waals surface area (Å²) < 4.78 is 15.9. The molecule has 0 fully saturated rings. The summed E-state index contributed by atoms with van der Waals surface area (Å²) in [6.07, 6.45) is 0. The second-order valence-corrected chi connectivity index (χ2v) is 8.48. The Labute approximate surface area is 225 Å². The van der Waals surface area contributed by atoms with Crippen LogP contribution in [0, 0.1) is 0 Å². The van der Waals surface area contributed by atoms with E-state index in [0.29, 0.717) is 34.2 Å². The van der Waals surface area contributed by atoms with Crippen LogP contribution in [0.3, 0.4) is 0 Å². The van der Waals surface area contributed by atoms with Gasteiger partial charge < -0.3 is 19.5 Å². The summed E-state index contributed by atoms with van der Waals surface area (Å²) in [6, 6.07) is 22.9. The van der Waals surface area contributed by atoms with Gasteiger partial charge in [0.25, 0.3) is 11.8 Å². The number of nitrogens with zero attached hydrogens (tertiary/aromatic N) is 1. The Bertz CT molecular complexity index is 1490. The second-order valence-electron chi connectivity index (χ2n) is 8.07. The summed E-state index contributed by atoms with van der Waals surface area (Å²) in [5, 5.41) is 8.43. The number of hydrogen-bond donors (Lipinski definition) is 3. The molecule has 0 atom stereocenters. The first-order chi connectivity index (χ1) is 18.4. The number of carbonyl (C=O) groups excluding carboxylic acids is 2. The first-order valence-corrected chi connectivity index (χ1v) is 11.9. The molecule has 0 aromatic heterocycles. The molecule has 4 aromatic carbocycles. The van der Waals surface area contributed by atoms with Crippen molar-refractivity contribution in [1.29, 1.82) is 0 Å². The van der Waals surface area contributed by atoms with Crippen molar-refractivity contribution < 1.29 is 23.8 Å². The third kappa shape index (κ3) is 5.51. The van der Waals surface area contributed by atoms with Crippen LogP contribution in [-0.4, -0.2) is 38.3 Å². The summed E-state index contributed by atoms with van der Waals surface area (Å²) >= 11 is 5.33. The van der Waals surface area contributed by atoms with Crippen LogP contribution < -0.4 is 35.7 Å². The zero-order chi connectivity index (χ0) is 27.2. The minimum Gasteiger partial charge on any atom is -0.493 e. The number of amides is 2. The molecule has 194 valence electrons. The van der Waals surface area contributed by atoms with E-state index in [1.165, 1.54) is 33.5 Å². The number of ether oxygens (including phenoxy) is 3. The van der Waals surface area contributed by atoms with Gasteiger partial charge in [-0.05, 0) is 59.4 Å². The Morgan fingerprint density at radius 1 is 0.842 bits per heavy atom. The fourth-order valence-corrected chi connectivity index (χ4v) is 4.15. The van der Waals surface area contributed by atoms with E-state index in [-0.39, 0.29) is 16.6 Å². The Balaban J connectivity index is 1.48. The van der Waals surface area contributed by atoms with Gasteiger partial charge in [-0.1, -0.05) is 42.5 Å². The van der Waals surface area contributed by atoms with Crippen molar-refractivity contribution >= 4 is 51.3 Å². The highest BCUT2D eigenvalue weighted by atomic mass is 32.1. The average Bonchev–Trinajstić information content (AvgIpc) is 2.95. The van der Waals surface area contributed by atoms with Crippen molar-refractivity contribution in [2.45, 2.75) is 0 Å². The predicted molar refractivity (Wildman–Crippen MR) is 151 cm³/mol. The van der Waals surface area contributed by atoms with Gasteiger partial charge in [-0.3, -0.25) is 14.9 Å². The number of fused-ring (bicyclic) bond motifs is 1. The number of carbonyl (C=O) groups is 2. The van der Waals surface area contributed by atoms with E-state index >= 15 is 0 Å². The SMILES string of the molecule is COc1cc(C(=O)NC(=S)Nc2cccc(N(N)C(=O)c3cccc4ccccc34)c2)cc(OC)c1OC. The van der Waals surface area contributed by atoms with Gasteiger partial charge in [-0.2, -0.15) is 0 Å². The van der Waals surface area contributed by atoms with Crippen LogP contribution in [-0.2, 0) is 0 Å². The Kier molecular flexibility index (Phi) is 8.05. The molecule has 38 heavy (non-hydrogen) atoms. The van der Waals surface area contributed by atoms with Crippen LogP contribution in [0.1, 0.15) is 20.7 Å². The van der Waals surface area contributed by atoms with E-state index in [4.69, 9.17) is 32.3 Å². The molecule has 9 nitrogen and oxygen atoms in total. The lowest BCUT2D eigenvalue weighted by Crippen LogP contribution is -2.37. The summed E-state index contributed by atoms with van der Waals surface area (Å²) in [5.74, 6) is 6.41. The maximum atomic E-state index is 13.2. The minimum absolute atomic E-state index is 0.0462. The van der Waals surface area contributed by atoms with Crippen molar-refractivity contribution in [3.8, 4) is 17.2 Å². The molecule has 0 aliphatic rings. The fraction of sp³-hybridized carbons (Fsp3) is 0.107. The molecule has 0 aliphatic heterocycles. The molecule has 0 bridgehead atoms. The maximum absolute atomic E-state index is 13.2. The van der Waals surface area contributed by atoms with Gasteiger partial charge in [-0.15, -0.1) is 0 Å². The van der Waals surface area contributed by atoms with Gasteiger partial charge in [0.15, 0.2) is 16.6 Å². The van der Waals surface area contributed by atoms with Crippen LogP contribution in [0.4, 0.5) is 11.4 Å². The summed E-state index contributed by atoms with van der Waals surface area (Å²) in [4.78, 5) is 26.1. The largest absolute Gasteiger partial charge is 0.493 e. The van der Waals surface area contributed by atoms with Crippen molar-refractivity contribution in [2.24, 2.45) is 5.84 Å². The van der Waals surface area contributed by atoms with E-state index in [1.54, 1.807) is 30.3 Å². The van der Waals surface area contributed by atoms with E-state index in [1.807, 2.05) is 36.4 Å². The molecule has 4 aromatic rings. The maximum Gasteiger partial charge on any atom is 0.273 e. The van der Waals surface area contributed by atoms with Gasteiger partial charge in [0.1, 0.15) is 0 Å². The second kappa shape index (κ2) is 11.6. The molecule has 0 heterocycles. The van der Waals surface area contributed by atoms with Crippen molar-refractivity contribution in [1.82, 2.24) is 5.32 Å². The van der Waals surface area contributed by atoms with Crippen LogP contribution in [0.2, 0.25) is 0 Å². The highest BCUT2D eigenvalue weighted by Crippen LogP contribution is 2.38. The molecule has 0 radical (unpaired) electrons. The number of nitrogens with one attached hydrogen (secondary N) is 2. The van der Waals surface area contributed by atoms with Crippen molar-refractivity contribution in [3.63, 3.8) is 0 Å². The molecule has 4 N–H and O–H groups in total. The Morgan fingerprint density at radius 3 is 2.18 bits per heavy atom. The number of hydrazine groups is 1. The number of rotatable bonds is 7. The minimum atomic E-state index is -0.482. The van der Waals surface area contributed by atoms with Gasteiger partial charge in [-0.25, -0.2) is 10.9 Å².